The minimum atomic E-state index is -0.304. The van der Waals surface area contributed by atoms with E-state index >= 15 is 0 Å². The van der Waals surface area contributed by atoms with Crippen LogP contribution in [-0.2, 0) is 6.42 Å². The van der Waals surface area contributed by atoms with Gasteiger partial charge in [-0.1, -0.05) is 35.8 Å². The Morgan fingerprint density at radius 2 is 2.00 bits per heavy atom. The van der Waals surface area contributed by atoms with Gasteiger partial charge in [-0.05, 0) is 38.3 Å². The topological polar surface area (TPSA) is 55.2 Å². The van der Waals surface area contributed by atoms with Gasteiger partial charge in [0, 0.05) is 22.1 Å². The molecule has 2 unspecified atom stereocenters. The summed E-state index contributed by atoms with van der Waals surface area (Å²) >= 11 is 3.29. The molecule has 1 aromatic carbocycles. The zero-order valence-corrected chi connectivity index (χ0v) is 13.4. The smallest absolute Gasteiger partial charge is 0.273 e. The van der Waals surface area contributed by atoms with Gasteiger partial charge in [0.1, 0.15) is 0 Å². The Kier molecular flexibility index (Phi) is 5.94. The second kappa shape index (κ2) is 7.01. The van der Waals surface area contributed by atoms with E-state index in [2.05, 4.69) is 42.0 Å². The third kappa shape index (κ3) is 4.28. The molecule has 0 fully saturated rings. The molecule has 5 heteroatoms. The van der Waals surface area contributed by atoms with Gasteiger partial charge in [0.2, 0.25) is 0 Å². The Morgan fingerprint density at radius 1 is 1.37 bits per heavy atom. The van der Waals surface area contributed by atoms with Gasteiger partial charge < -0.3 is 5.32 Å². The molecule has 4 nitrogen and oxygen atoms in total. The van der Waals surface area contributed by atoms with Crippen molar-refractivity contribution >= 4 is 21.6 Å². The van der Waals surface area contributed by atoms with Crippen LogP contribution in [0.2, 0.25) is 0 Å². The van der Waals surface area contributed by atoms with Crippen LogP contribution in [0.3, 0.4) is 0 Å². The number of hydrogen-bond acceptors (Lipinski definition) is 3. The van der Waals surface area contributed by atoms with Crippen LogP contribution in [-0.4, -0.2) is 18.0 Å². The monoisotopic (exact) mass is 328 g/mol. The quantitative estimate of drug-likeness (QED) is 0.638. The van der Waals surface area contributed by atoms with Crippen LogP contribution in [0.4, 0.5) is 5.69 Å². The first-order chi connectivity index (χ1) is 8.86. The standard InChI is InChI=1S/C14H21BrN2O2/c1-9(2)13(10(3)16-4)7-11-5-6-12(15)8-14(11)17(18)19/h5-6,8-10,13,16H,7H2,1-4H3. The molecule has 0 saturated heterocycles. The van der Waals surface area contributed by atoms with Crippen molar-refractivity contribution in [1.29, 1.82) is 0 Å². The third-order valence-corrected chi connectivity index (χ3v) is 4.15. The fraction of sp³-hybridized carbons (Fsp3) is 0.571. The number of nitrogens with zero attached hydrogens (tertiary/aromatic N) is 1. The number of halogens is 1. The summed E-state index contributed by atoms with van der Waals surface area (Å²) < 4.78 is 0.741. The average molecular weight is 329 g/mol. The van der Waals surface area contributed by atoms with Crippen molar-refractivity contribution in [2.75, 3.05) is 7.05 Å². The summed E-state index contributed by atoms with van der Waals surface area (Å²) in [5.41, 5.74) is 0.998. The highest BCUT2D eigenvalue weighted by Crippen LogP contribution is 2.29. The number of nitro groups is 1. The molecule has 0 aliphatic carbocycles. The molecule has 19 heavy (non-hydrogen) atoms. The Bertz CT molecular complexity index is 449. The van der Waals surface area contributed by atoms with Crippen LogP contribution in [0.25, 0.3) is 0 Å². The van der Waals surface area contributed by atoms with E-state index in [0.717, 1.165) is 10.0 Å². The van der Waals surface area contributed by atoms with E-state index in [0.29, 0.717) is 24.3 Å². The molecule has 0 heterocycles. The lowest BCUT2D eigenvalue weighted by molar-refractivity contribution is -0.385. The van der Waals surface area contributed by atoms with Crippen molar-refractivity contribution in [1.82, 2.24) is 5.32 Å². The number of rotatable bonds is 6. The number of nitro benzene ring substituents is 1. The maximum atomic E-state index is 11.1. The average Bonchev–Trinajstić information content (AvgIpc) is 2.35. The van der Waals surface area contributed by atoms with E-state index in [1.165, 1.54) is 0 Å². The van der Waals surface area contributed by atoms with Crippen molar-refractivity contribution in [2.24, 2.45) is 11.8 Å². The molecule has 0 aliphatic heterocycles. The van der Waals surface area contributed by atoms with Crippen LogP contribution in [0.5, 0.6) is 0 Å². The molecule has 1 N–H and O–H groups in total. The highest BCUT2D eigenvalue weighted by molar-refractivity contribution is 9.10. The molecule has 0 aromatic heterocycles. The summed E-state index contributed by atoms with van der Waals surface area (Å²) in [6.07, 6.45) is 0.712. The Labute approximate surface area is 122 Å². The maximum Gasteiger partial charge on any atom is 0.273 e. The molecule has 0 spiro atoms. The molecule has 0 radical (unpaired) electrons. The molecule has 2 atom stereocenters. The van der Waals surface area contributed by atoms with Gasteiger partial charge >= 0.3 is 0 Å². The summed E-state index contributed by atoms with van der Waals surface area (Å²) in [4.78, 5) is 10.8. The predicted octanol–water partition coefficient (Wildman–Crippen LogP) is 3.78. The molecule has 0 bridgehead atoms. The van der Waals surface area contributed by atoms with Crippen LogP contribution in [0.15, 0.2) is 22.7 Å². The van der Waals surface area contributed by atoms with Gasteiger partial charge in [0.05, 0.1) is 4.92 Å². The molecule has 0 amide bonds. The van der Waals surface area contributed by atoms with Gasteiger partial charge in [-0.15, -0.1) is 0 Å². The van der Waals surface area contributed by atoms with Crippen LogP contribution < -0.4 is 5.32 Å². The summed E-state index contributed by atoms with van der Waals surface area (Å²) in [5, 5.41) is 14.4. The largest absolute Gasteiger partial charge is 0.317 e. The molecule has 0 aliphatic rings. The lowest BCUT2D eigenvalue weighted by Gasteiger charge is -2.27. The summed E-state index contributed by atoms with van der Waals surface area (Å²) in [6, 6.07) is 5.61. The Morgan fingerprint density at radius 3 is 2.47 bits per heavy atom. The summed E-state index contributed by atoms with van der Waals surface area (Å²) in [7, 11) is 1.93. The third-order valence-electron chi connectivity index (χ3n) is 3.65. The molecule has 1 rings (SSSR count). The van der Waals surface area contributed by atoms with E-state index in [-0.39, 0.29) is 10.6 Å². The van der Waals surface area contributed by atoms with Crippen molar-refractivity contribution in [2.45, 2.75) is 33.2 Å². The highest BCUT2D eigenvalue weighted by atomic mass is 79.9. The number of hydrogen-bond donors (Lipinski definition) is 1. The second-order valence-electron chi connectivity index (χ2n) is 5.22. The second-order valence-corrected chi connectivity index (χ2v) is 6.14. The van der Waals surface area contributed by atoms with Gasteiger partial charge in [0.25, 0.3) is 5.69 Å². The normalized spacial score (nSPS) is 14.4. The fourth-order valence-electron chi connectivity index (χ4n) is 2.34. The van der Waals surface area contributed by atoms with E-state index in [1.54, 1.807) is 6.07 Å². The van der Waals surface area contributed by atoms with E-state index in [4.69, 9.17) is 0 Å². The number of nitrogens with one attached hydrogen (secondary N) is 1. The van der Waals surface area contributed by atoms with Gasteiger partial charge in [-0.3, -0.25) is 10.1 Å². The zero-order chi connectivity index (χ0) is 14.6. The molecule has 1 aromatic rings. The maximum absolute atomic E-state index is 11.1. The Balaban J connectivity index is 3.06. The lowest BCUT2D eigenvalue weighted by atomic mass is 9.83. The van der Waals surface area contributed by atoms with Gasteiger partial charge in [-0.2, -0.15) is 0 Å². The molecular weight excluding hydrogens is 308 g/mol. The van der Waals surface area contributed by atoms with Crippen molar-refractivity contribution in [3.8, 4) is 0 Å². The SMILES string of the molecule is CNC(C)C(Cc1ccc(Br)cc1[N+](=O)[O-])C(C)C. The van der Waals surface area contributed by atoms with Gasteiger partial charge in [-0.25, -0.2) is 0 Å². The minimum Gasteiger partial charge on any atom is -0.317 e. The van der Waals surface area contributed by atoms with Crippen molar-refractivity contribution in [3.05, 3.63) is 38.3 Å². The van der Waals surface area contributed by atoms with Gasteiger partial charge in [0.15, 0.2) is 0 Å². The molecule has 106 valence electrons. The fourth-order valence-corrected chi connectivity index (χ4v) is 2.69. The lowest BCUT2D eigenvalue weighted by Crippen LogP contribution is -2.35. The minimum absolute atomic E-state index is 0.198. The summed E-state index contributed by atoms with van der Waals surface area (Å²) in [5.74, 6) is 0.829. The number of benzene rings is 1. The first-order valence-electron chi connectivity index (χ1n) is 6.46. The van der Waals surface area contributed by atoms with Crippen LogP contribution in [0, 0.1) is 22.0 Å². The highest BCUT2D eigenvalue weighted by Gasteiger charge is 2.24. The zero-order valence-electron chi connectivity index (χ0n) is 11.8. The first-order valence-corrected chi connectivity index (χ1v) is 7.26. The van der Waals surface area contributed by atoms with Crippen molar-refractivity contribution < 1.29 is 4.92 Å². The Hall–Kier alpha value is -0.940. The first kappa shape index (κ1) is 16.1. The summed E-state index contributed by atoms with van der Waals surface area (Å²) in [6.45, 7) is 6.43. The predicted molar refractivity (Wildman–Crippen MR) is 81.4 cm³/mol. The van der Waals surface area contributed by atoms with E-state index < -0.39 is 0 Å². The van der Waals surface area contributed by atoms with E-state index in [1.807, 2.05) is 19.2 Å². The van der Waals surface area contributed by atoms with Crippen molar-refractivity contribution in [3.63, 3.8) is 0 Å². The molecular formula is C14H21BrN2O2. The van der Waals surface area contributed by atoms with E-state index in [9.17, 15) is 10.1 Å². The van der Waals surface area contributed by atoms with Crippen LogP contribution in [0.1, 0.15) is 26.3 Å². The van der Waals surface area contributed by atoms with Crippen LogP contribution >= 0.6 is 15.9 Å². The molecule has 0 saturated carbocycles.